The van der Waals surface area contributed by atoms with Crippen molar-refractivity contribution in [2.45, 2.75) is 13.0 Å². The fourth-order valence-corrected chi connectivity index (χ4v) is 2.31. The highest BCUT2D eigenvalue weighted by molar-refractivity contribution is 5.96. The summed E-state index contributed by atoms with van der Waals surface area (Å²) in [5, 5.41) is 9.12. The lowest BCUT2D eigenvalue weighted by molar-refractivity contribution is -0.142. The summed E-state index contributed by atoms with van der Waals surface area (Å²) in [6, 6.07) is 6.86. The number of carbonyl (C=O) groups excluding carboxylic acids is 1. The first kappa shape index (κ1) is 13.5. The van der Waals surface area contributed by atoms with E-state index in [-0.39, 0.29) is 19.1 Å². The molecule has 2 rings (SSSR count). The Morgan fingerprint density at radius 2 is 2.00 bits per heavy atom. The third kappa shape index (κ3) is 2.61. The Morgan fingerprint density at radius 1 is 1.32 bits per heavy atom. The molecule has 1 aromatic rings. The molecule has 19 heavy (non-hydrogen) atoms. The summed E-state index contributed by atoms with van der Waals surface area (Å²) in [6.45, 7) is 2.29. The molecule has 1 heterocycles. The standard InChI is InChI=1S/C14H17NO4/c1-9-5-3-4-6-10(9)13(16)15(2)12-8-19-7-11(12)14(17)18/h3-6,11-12H,7-8H2,1-2H3,(H,17,18). The summed E-state index contributed by atoms with van der Waals surface area (Å²) >= 11 is 0. The second-order valence-corrected chi connectivity index (χ2v) is 4.78. The SMILES string of the molecule is Cc1ccccc1C(=O)N(C)C1COCC1C(=O)O. The Bertz CT molecular complexity index is 500. The predicted octanol–water partition coefficient (Wildman–Crippen LogP) is 1.17. The van der Waals surface area contributed by atoms with Crippen LogP contribution >= 0.6 is 0 Å². The largest absolute Gasteiger partial charge is 0.481 e. The van der Waals surface area contributed by atoms with E-state index in [9.17, 15) is 9.59 Å². The topological polar surface area (TPSA) is 66.8 Å². The smallest absolute Gasteiger partial charge is 0.311 e. The number of ether oxygens (including phenoxy) is 1. The molecular formula is C14H17NO4. The average molecular weight is 263 g/mol. The van der Waals surface area contributed by atoms with Crippen molar-refractivity contribution in [2.75, 3.05) is 20.3 Å². The number of amides is 1. The van der Waals surface area contributed by atoms with E-state index in [1.54, 1.807) is 19.2 Å². The molecular weight excluding hydrogens is 246 g/mol. The van der Waals surface area contributed by atoms with Gasteiger partial charge in [0.25, 0.3) is 5.91 Å². The van der Waals surface area contributed by atoms with Crippen LogP contribution in [-0.2, 0) is 9.53 Å². The van der Waals surface area contributed by atoms with Gasteiger partial charge in [-0.15, -0.1) is 0 Å². The van der Waals surface area contributed by atoms with Crippen LogP contribution in [0.15, 0.2) is 24.3 Å². The van der Waals surface area contributed by atoms with Gasteiger partial charge in [-0.1, -0.05) is 18.2 Å². The number of rotatable bonds is 3. The minimum atomic E-state index is -0.924. The normalized spacial score (nSPS) is 22.2. The van der Waals surface area contributed by atoms with E-state index in [1.165, 1.54) is 4.90 Å². The monoisotopic (exact) mass is 263 g/mol. The fourth-order valence-electron chi connectivity index (χ4n) is 2.31. The van der Waals surface area contributed by atoms with Crippen LogP contribution in [0, 0.1) is 12.8 Å². The van der Waals surface area contributed by atoms with Crippen LogP contribution in [0.5, 0.6) is 0 Å². The van der Waals surface area contributed by atoms with Crippen molar-refractivity contribution < 1.29 is 19.4 Å². The van der Waals surface area contributed by atoms with E-state index in [0.29, 0.717) is 5.56 Å². The highest BCUT2D eigenvalue weighted by Gasteiger charge is 2.38. The van der Waals surface area contributed by atoms with Crippen molar-refractivity contribution in [3.05, 3.63) is 35.4 Å². The highest BCUT2D eigenvalue weighted by Crippen LogP contribution is 2.21. The highest BCUT2D eigenvalue weighted by atomic mass is 16.5. The maximum atomic E-state index is 12.4. The van der Waals surface area contributed by atoms with E-state index in [0.717, 1.165) is 5.56 Å². The first-order chi connectivity index (χ1) is 9.02. The van der Waals surface area contributed by atoms with E-state index < -0.39 is 17.9 Å². The molecule has 1 aromatic carbocycles. The maximum absolute atomic E-state index is 12.4. The van der Waals surface area contributed by atoms with Gasteiger partial charge in [0.2, 0.25) is 0 Å². The Hall–Kier alpha value is -1.88. The zero-order valence-electron chi connectivity index (χ0n) is 11.0. The van der Waals surface area contributed by atoms with Crippen LogP contribution in [0.2, 0.25) is 0 Å². The number of carbonyl (C=O) groups is 2. The van der Waals surface area contributed by atoms with Gasteiger partial charge in [0, 0.05) is 12.6 Å². The number of likely N-dealkylation sites (N-methyl/N-ethyl adjacent to an activating group) is 1. The molecule has 0 aliphatic carbocycles. The Balaban J connectivity index is 2.20. The van der Waals surface area contributed by atoms with Crippen LogP contribution in [0.4, 0.5) is 0 Å². The number of aryl methyl sites for hydroxylation is 1. The zero-order chi connectivity index (χ0) is 14.0. The fraction of sp³-hybridized carbons (Fsp3) is 0.429. The molecule has 0 saturated carbocycles. The molecule has 1 N–H and O–H groups in total. The van der Waals surface area contributed by atoms with Gasteiger partial charge in [-0.05, 0) is 18.6 Å². The summed E-state index contributed by atoms with van der Waals surface area (Å²) < 4.78 is 5.19. The van der Waals surface area contributed by atoms with Crippen LogP contribution in [-0.4, -0.2) is 48.2 Å². The summed E-state index contributed by atoms with van der Waals surface area (Å²) in [5.41, 5.74) is 1.48. The Morgan fingerprint density at radius 3 is 2.63 bits per heavy atom. The lowest BCUT2D eigenvalue weighted by atomic mass is 10.0. The van der Waals surface area contributed by atoms with Crippen molar-refractivity contribution >= 4 is 11.9 Å². The van der Waals surface area contributed by atoms with Gasteiger partial charge in [-0.2, -0.15) is 0 Å². The van der Waals surface area contributed by atoms with Gasteiger partial charge in [0.05, 0.1) is 19.3 Å². The summed E-state index contributed by atoms with van der Waals surface area (Å²) in [4.78, 5) is 25.0. The average Bonchev–Trinajstić information content (AvgIpc) is 2.87. The van der Waals surface area contributed by atoms with E-state index in [1.807, 2.05) is 19.1 Å². The lowest BCUT2D eigenvalue weighted by Crippen LogP contribution is -2.44. The quantitative estimate of drug-likeness (QED) is 0.888. The molecule has 2 unspecified atom stereocenters. The summed E-state index contributed by atoms with van der Waals surface area (Å²) in [5.74, 6) is -1.75. The predicted molar refractivity (Wildman–Crippen MR) is 69.0 cm³/mol. The molecule has 1 fully saturated rings. The van der Waals surface area contributed by atoms with E-state index in [4.69, 9.17) is 9.84 Å². The van der Waals surface area contributed by atoms with Gasteiger partial charge < -0.3 is 14.7 Å². The van der Waals surface area contributed by atoms with Gasteiger partial charge in [0.1, 0.15) is 5.92 Å². The van der Waals surface area contributed by atoms with Crippen molar-refractivity contribution in [1.29, 1.82) is 0 Å². The number of hydrogen-bond donors (Lipinski definition) is 1. The number of hydrogen-bond acceptors (Lipinski definition) is 3. The third-order valence-electron chi connectivity index (χ3n) is 3.56. The number of carboxylic acid groups (broad SMARTS) is 1. The number of carboxylic acids is 1. The van der Waals surface area contributed by atoms with Gasteiger partial charge in [-0.3, -0.25) is 9.59 Å². The third-order valence-corrected chi connectivity index (χ3v) is 3.56. The van der Waals surface area contributed by atoms with Crippen LogP contribution in [0.1, 0.15) is 15.9 Å². The number of nitrogens with zero attached hydrogens (tertiary/aromatic N) is 1. The van der Waals surface area contributed by atoms with Crippen molar-refractivity contribution in [3.8, 4) is 0 Å². The van der Waals surface area contributed by atoms with Crippen molar-refractivity contribution in [3.63, 3.8) is 0 Å². The number of aliphatic carboxylic acids is 1. The van der Waals surface area contributed by atoms with E-state index in [2.05, 4.69) is 0 Å². The van der Waals surface area contributed by atoms with Crippen molar-refractivity contribution in [2.24, 2.45) is 5.92 Å². The molecule has 2 atom stereocenters. The molecule has 0 radical (unpaired) electrons. The zero-order valence-corrected chi connectivity index (χ0v) is 11.0. The second-order valence-electron chi connectivity index (χ2n) is 4.78. The minimum absolute atomic E-state index is 0.158. The van der Waals surface area contributed by atoms with Gasteiger partial charge in [0.15, 0.2) is 0 Å². The molecule has 0 spiro atoms. The first-order valence-corrected chi connectivity index (χ1v) is 6.15. The molecule has 5 heteroatoms. The van der Waals surface area contributed by atoms with Crippen LogP contribution in [0.25, 0.3) is 0 Å². The summed E-state index contributed by atoms with van der Waals surface area (Å²) in [6.07, 6.45) is 0. The molecule has 0 bridgehead atoms. The number of benzene rings is 1. The van der Waals surface area contributed by atoms with Crippen LogP contribution in [0.3, 0.4) is 0 Å². The molecule has 5 nitrogen and oxygen atoms in total. The summed E-state index contributed by atoms with van der Waals surface area (Å²) in [7, 11) is 1.63. The Kier molecular flexibility index (Phi) is 3.85. The molecule has 1 aliphatic heterocycles. The van der Waals surface area contributed by atoms with Crippen molar-refractivity contribution in [1.82, 2.24) is 4.90 Å². The molecule has 1 aliphatic rings. The molecule has 0 aromatic heterocycles. The molecule has 1 amide bonds. The van der Waals surface area contributed by atoms with E-state index >= 15 is 0 Å². The van der Waals surface area contributed by atoms with Gasteiger partial charge in [-0.25, -0.2) is 0 Å². The van der Waals surface area contributed by atoms with Crippen LogP contribution < -0.4 is 0 Å². The first-order valence-electron chi connectivity index (χ1n) is 6.15. The second kappa shape index (κ2) is 5.40. The molecule has 102 valence electrons. The minimum Gasteiger partial charge on any atom is -0.481 e. The lowest BCUT2D eigenvalue weighted by Gasteiger charge is -2.26. The maximum Gasteiger partial charge on any atom is 0.311 e. The molecule has 1 saturated heterocycles. The Labute approximate surface area is 111 Å². The van der Waals surface area contributed by atoms with Gasteiger partial charge >= 0.3 is 5.97 Å².